The van der Waals surface area contributed by atoms with Gasteiger partial charge in [-0.1, -0.05) is 53.0 Å². The quantitative estimate of drug-likeness (QED) is 0.646. The van der Waals surface area contributed by atoms with Crippen molar-refractivity contribution in [1.82, 2.24) is 4.98 Å². The van der Waals surface area contributed by atoms with Crippen LogP contribution in [0.3, 0.4) is 0 Å². The third kappa shape index (κ3) is 2.42. The van der Waals surface area contributed by atoms with Gasteiger partial charge in [-0.05, 0) is 31.0 Å². The summed E-state index contributed by atoms with van der Waals surface area (Å²) in [4.78, 5) is 4.25. The molecule has 0 unspecified atom stereocenters. The smallest absolute Gasteiger partial charge is 0.148 e. The number of rotatable bonds is 1. The van der Waals surface area contributed by atoms with Crippen LogP contribution in [0.2, 0.25) is 15.2 Å². The van der Waals surface area contributed by atoms with Crippen molar-refractivity contribution in [3.05, 3.63) is 50.6 Å². The van der Waals surface area contributed by atoms with Crippen molar-refractivity contribution in [2.45, 2.75) is 13.8 Å². The van der Waals surface area contributed by atoms with Crippen LogP contribution in [-0.2, 0) is 0 Å². The Balaban J connectivity index is 2.69. The van der Waals surface area contributed by atoms with E-state index in [-0.39, 0.29) is 5.15 Å². The fraction of sp³-hybridized carbons (Fsp3) is 0.154. The van der Waals surface area contributed by atoms with Gasteiger partial charge in [0.05, 0.1) is 15.7 Å². The minimum atomic E-state index is 0.270. The van der Waals surface area contributed by atoms with Gasteiger partial charge in [0, 0.05) is 5.56 Å². The Morgan fingerprint density at radius 2 is 1.71 bits per heavy atom. The second-order valence-corrected chi connectivity index (χ2v) is 5.01. The molecule has 0 amide bonds. The average molecular weight is 287 g/mol. The van der Waals surface area contributed by atoms with E-state index in [1.165, 1.54) is 5.56 Å². The zero-order valence-corrected chi connectivity index (χ0v) is 11.7. The number of hydrogen-bond donors (Lipinski definition) is 0. The average Bonchev–Trinajstić information content (AvgIpc) is 2.28. The van der Waals surface area contributed by atoms with Crippen molar-refractivity contribution >= 4 is 34.8 Å². The molecule has 1 nitrogen and oxygen atoms in total. The number of aromatic nitrogens is 1. The van der Waals surface area contributed by atoms with Crippen molar-refractivity contribution < 1.29 is 0 Å². The number of benzene rings is 1. The Morgan fingerprint density at radius 3 is 2.41 bits per heavy atom. The molecule has 2 aromatic rings. The lowest BCUT2D eigenvalue weighted by Gasteiger charge is -2.10. The molecule has 1 aromatic heterocycles. The topological polar surface area (TPSA) is 12.9 Å². The van der Waals surface area contributed by atoms with Crippen LogP contribution in [0.1, 0.15) is 11.1 Å². The molecule has 1 aromatic carbocycles. The zero-order valence-electron chi connectivity index (χ0n) is 9.39. The minimum absolute atomic E-state index is 0.270. The first-order chi connectivity index (χ1) is 8.00. The van der Waals surface area contributed by atoms with Crippen LogP contribution in [0, 0.1) is 13.8 Å². The van der Waals surface area contributed by atoms with Crippen molar-refractivity contribution in [3.63, 3.8) is 0 Å². The molecule has 0 spiro atoms. The number of halogens is 3. The molecule has 0 N–H and O–H groups in total. The summed E-state index contributed by atoms with van der Waals surface area (Å²) in [5.41, 5.74) is 3.97. The first-order valence-corrected chi connectivity index (χ1v) is 6.22. The summed E-state index contributed by atoms with van der Waals surface area (Å²) >= 11 is 17.9. The monoisotopic (exact) mass is 285 g/mol. The minimum Gasteiger partial charge on any atom is -0.233 e. The van der Waals surface area contributed by atoms with E-state index in [1.54, 1.807) is 6.07 Å². The predicted molar refractivity (Wildman–Crippen MR) is 74.2 cm³/mol. The normalized spacial score (nSPS) is 10.6. The Bertz CT molecular complexity index is 579. The van der Waals surface area contributed by atoms with E-state index in [9.17, 15) is 0 Å². The van der Waals surface area contributed by atoms with Gasteiger partial charge < -0.3 is 0 Å². The summed E-state index contributed by atoms with van der Waals surface area (Å²) in [5, 5.41) is 1.14. The van der Waals surface area contributed by atoms with Crippen LogP contribution < -0.4 is 0 Å². The third-order valence-corrected chi connectivity index (χ3v) is 3.71. The molecular weight excluding hydrogens is 277 g/mol. The van der Waals surface area contributed by atoms with Crippen molar-refractivity contribution in [1.29, 1.82) is 0 Å². The standard InChI is InChI=1S/C13H10Cl3N/c1-7-4-3-5-9(8(7)2)12-10(14)6-11(15)13(16)17-12/h3-6H,1-2H3. The Labute approximate surface area is 115 Å². The summed E-state index contributed by atoms with van der Waals surface area (Å²) in [5.74, 6) is 0. The maximum Gasteiger partial charge on any atom is 0.148 e. The lowest BCUT2D eigenvalue weighted by molar-refractivity contribution is 1.28. The lowest BCUT2D eigenvalue weighted by atomic mass is 10.0. The fourth-order valence-electron chi connectivity index (χ4n) is 1.64. The van der Waals surface area contributed by atoms with E-state index in [4.69, 9.17) is 34.8 Å². The van der Waals surface area contributed by atoms with Crippen LogP contribution in [0.25, 0.3) is 11.3 Å². The fourth-order valence-corrected chi connectivity index (χ4v) is 2.24. The molecule has 0 aliphatic carbocycles. The molecule has 0 fully saturated rings. The SMILES string of the molecule is Cc1cccc(-c2nc(Cl)c(Cl)cc2Cl)c1C. The molecule has 0 bridgehead atoms. The summed E-state index contributed by atoms with van der Waals surface area (Å²) < 4.78 is 0. The van der Waals surface area contributed by atoms with Gasteiger partial charge >= 0.3 is 0 Å². The summed E-state index contributed by atoms with van der Waals surface area (Å²) in [6.45, 7) is 4.08. The van der Waals surface area contributed by atoms with Crippen molar-refractivity contribution in [2.24, 2.45) is 0 Å². The number of aryl methyl sites for hydroxylation is 1. The molecule has 0 aliphatic heterocycles. The molecule has 0 aliphatic rings. The largest absolute Gasteiger partial charge is 0.233 e. The maximum absolute atomic E-state index is 6.15. The van der Waals surface area contributed by atoms with Gasteiger partial charge in [-0.15, -0.1) is 0 Å². The maximum atomic E-state index is 6.15. The van der Waals surface area contributed by atoms with Gasteiger partial charge in [-0.3, -0.25) is 0 Å². The van der Waals surface area contributed by atoms with E-state index < -0.39 is 0 Å². The second-order valence-electron chi connectivity index (χ2n) is 3.84. The highest BCUT2D eigenvalue weighted by Crippen LogP contribution is 2.34. The molecule has 0 atom stereocenters. The van der Waals surface area contributed by atoms with Crippen LogP contribution in [0.5, 0.6) is 0 Å². The number of hydrogen-bond acceptors (Lipinski definition) is 1. The van der Waals surface area contributed by atoms with E-state index in [0.29, 0.717) is 15.7 Å². The summed E-state index contributed by atoms with van der Waals surface area (Å²) in [7, 11) is 0. The zero-order chi connectivity index (χ0) is 12.6. The first kappa shape index (κ1) is 12.7. The lowest BCUT2D eigenvalue weighted by Crippen LogP contribution is -1.92. The highest BCUT2D eigenvalue weighted by Gasteiger charge is 2.12. The molecule has 88 valence electrons. The highest BCUT2D eigenvalue weighted by molar-refractivity contribution is 6.43. The molecule has 0 radical (unpaired) electrons. The van der Waals surface area contributed by atoms with Gasteiger partial charge in [-0.2, -0.15) is 0 Å². The summed E-state index contributed by atoms with van der Waals surface area (Å²) in [6, 6.07) is 7.61. The molecule has 0 saturated carbocycles. The van der Waals surface area contributed by atoms with Crippen LogP contribution in [0.15, 0.2) is 24.3 Å². The Morgan fingerprint density at radius 1 is 1.00 bits per heavy atom. The van der Waals surface area contributed by atoms with Gasteiger partial charge in [0.2, 0.25) is 0 Å². The molecule has 4 heteroatoms. The molecule has 0 saturated heterocycles. The molecule has 1 heterocycles. The second kappa shape index (κ2) is 4.85. The van der Waals surface area contributed by atoms with E-state index in [1.807, 2.05) is 32.0 Å². The Hall–Kier alpha value is -0.760. The predicted octanol–water partition coefficient (Wildman–Crippen LogP) is 5.33. The third-order valence-electron chi connectivity index (χ3n) is 2.75. The van der Waals surface area contributed by atoms with Crippen molar-refractivity contribution in [3.8, 4) is 11.3 Å². The highest BCUT2D eigenvalue weighted by atomic mass is 35.5. The molecule has 2 rings (SSSR count). The van der Waals surface area contributed by atoms with Gasteiger partial charge in [-0.25, -0.2) is 4.98 Å². The van der Waals surface area contributed by atoms with E-state index in [2.05, 4.69) is 4.98 Å². The van der Waals surface area contributed by atoms with Gasteiger partial charge in [0.15, 0.2) is 0 Å². The number of nitrogens with zero attached hydrogens (tertiary/aromatic N) is 1. The number of pyridine rings is 1. The molecule has 17 heavy (non-hydrogen) atoms. The Kier molecular flexibility index (Phi) is 3.62. The van der Waals surface area contributed by atoms with Gasteiger partial charge in [0.1, 0.15) is 5.15 Å². The molecular formula is C13H10Cl3N. The van der Waals surface area contributed by atoms with E-state index in [0.717, 1.165) is 11.1 Å². The van der Waals surface area contributed by atoms with Crippen LogP contribution in [0.4, 0.5) is 0 Å². The first-order valence-electron chi connectivity index (χ1n) is 5.09. The van der Waals surface area contributed by atoms with E-state index >= 15 is 0 Å². The summed E-state index contributed by atoms with van der Waals surface area (Å²) in [6.07, 6.45) is 0. The van der Waals surface area contributed by atoms with Crippen molar-refractivity contribution in [2.75, 3.05) is 0 Å². The van der Waals surface area contributed by atoms with Crippen LogP contribution >= 0.6 is 34.8 Å². The van der Waals surface area contributed by atoms with Crippen LogP contribution in [-0.4, -0.2) is 4.98 Å². The van der Waals surface area contributed by atoms with Gasteiger partial charge in [0.25, 0.3) is 0 Å².